The molecule has 0 fully saturated rings. The van der Waals surface area contributed by atoms with Crippen LogP contribution in [0.3, 0.4) is 0 Å². The Hall–Kier alpha value is -3.17. The molecule has 2 aromatic carbocycles. The fourth-order valence-corrected chi connectivity index (χ4v) is 3.88. The van der Waals surface area contributed by atoms with Gasteiger partial charge in [-0.05, 0) is 60.1 Å². The summed E-state index contributed by atoms with van der Waals surface area (Å²) in [6, 6.07) is 17.5. The zero-order chi connectivity index (χ0) is 21.9. The van der Waals surface area contributed by atoms with Crippen molar-refractivity contribution in [1.82, 2.24) is 4.98 Å². The predicted molar refractivity (Wildman–Crippen MR) is 121 cm³/mol. The molecule has 0 saturated carbocycles. The van der Waals surface area contributed by atoms with Gasteiger partial charge < -0.3 is 4.98 Å². The average Bonchev–Trinajstić information content (AvgIpc) is 2.71. The molecule has 0 spiro atoms. The van der Waals surface area contributed by atoms with E-state index < -0.39 is 15.3 Å². The Morgan fingerprint density at radius 1 is 1.17 bits per heavy atom. The zero-order valence-corrected chi connectivity index (χ0v) is 18.1. The summed E-state index contributed by atoms with van der Waals surface area (Å²) in [5, 5.41) is 12.1. The highest BCUT2D eigenvalue weighted by Crippen LogP contribution is 2.30. The first-order chi connectivity index (χ1) is 14.1. The molecule has 1 aromatic heterocycles. The number of aromatic nitrogens is 1. The van der Waals surface area contributed by atoms with Gasteiger partial charge in [-0.2, -0.15) is 5.26 Å². The molecule has 1 heterocycles. The van der Waals surface area contributed by atoms with Crippen molar-refractivity contribution in [3.63, 3.8) is 0 Å². The Morgan fingerprint density at radius 3 is 2.60 bits per heavy atom. The Balaban J connectivity index is 1.97. The van der Waals surface area contributed by atoms with Crippen LogP contribution in [0.5, 0.6) is 0 Å². The fourth-order valence-electron chi connectivity index (χ4n) is 3.48. The third-order valence-electron chi connectivity index (χ3n) is 5.20. The molecule has 0 aliphatic carbocycles. The second-order valence-electron chi connectivity index (χ2n) is 7.78. The van der Waals surface area contributed by atoms with Crippen LogP contribution < -0.4 is 5.56 Å². The van der Waals surface area contributed by atoms with Crippen LogP contribution in [-0.4, -0.2) is 19.7 Å². The van der Waals surface area contributed by atoms with Crippen molar-refractivity contribution in [2.24, 2.45) is 0 Å². The van der Waals surface area contributed by atoms with Gasteiger partial charge in [0.2, 0.25) is 0 Å². The van der Waals surface area contributed by atoms with E-state index in [0.717, 1.165) is 33.9 Å². The molecule has 5 nitrogen and oxygen atoms in total. The van der Waals surface area contributed by atoms with Crippen molar-refractivity contribution in [2.45, 2.75) is 32.1 Å². The Kier molecular flexibility index (Phi) is 5.95. The second-order valence-corrected chi connectivity index (χ2v) is 9.71. The molecule has 0 aliphatic heterocycles. The zero-order valence-electron chi connectivity index (χ0n) is 17.3. The van der Waals surface area contributed by atoms with Crippen molar-refractivity contribution in [2.75, 3.05) is 6.26 Å². The van der Waals surface area contributed by atoms with Gasteiger partial charge in [0.05, 0.1) is 11.5 Å². The molecule has 1 unspecified atom stereocenters. The topological polar surface area (TPSA) is 90.8 Å². The van der Waals surface area contributed by atoms with E-state index in [1.807, 2.05) is 62.4 Å². The molecule has 1 atom stereocenters. The lowest BCUT2D eigenvalue weighted by molar-refractivity contribution is 0.607. The average molecular weight is 421 g/mol. The van der Waals surface area contributed by atoms with Gasteiger partial charge in [-0.15, -0.1) is 0 Å². The summed E-state index contributed by atoms with van der Waals surface area (Å²) in [7, 11) is -3.21. The predicted octanol–water partition coefficient (Wildman–Crippen LogP) is 4.13. The third-order valence-corrected chi connectivity index (χ3v) is 5.83. The van der Waals surface area contributed by atoms with Crippen LogP contribution in [-0.2, 0) is 28.1 Å². The van der Waals surface area contributed by atoms with Crippen molar-refractivity contribution in [1.29, 1.82) is 5.26 Å². The summed E-state index contributed by atoms with van der Waals surface area (Å²) < 4.78 is 22.7. The van der Waals surface area contributed by atoms with E-state index in [-0.39, 0.29) is 5.56 Å². The molecular formula is C24H24N2O3S. The number of benzene rings is 2. The molecule has 0 radical (unpaired) electrons. The number of nitrogens with zero attached hydrogens (tertiary/aromatic N) is 1. The first-order valence-electron chi connectivity index (χ1n) is 9.68. The molecule has 0 bridgehead atoms. The van der Waals surface area contributed by atoms with E-state index in [2.05, 4.69) is 11.1 Å². The number of aromatic amines is 1. The maximum atomic E-state index is 12.2. The van der Waals surface area contributed by atoms with E-state index in [9.17, 15) is 18.5 Å². The summed E-state index contributed by atoms with van der Waals surface area (Å²) in [6.45, 7) is 3.81. The maximum absolute atomic E-state index is 12.2. The van der Waals surface area contributed by atoms with Crippen LogP contribution >= 0.6 is 0 Å². The fraction of sp³-hybridized carbons (Fsp3) is 0.250. The van der Waals surface area contributed by atoms with Crippen molar-refractivity contribution in [3.05, 3.63) is 86.5 Å². The number of hydrogen-bond donors (Lipinski definition) is 1. The van der Waals surface area contributed by atoms with Gasteiger partial charge >= 0.3 is 0 Å². The number of aryl methyl sites for hydroxylation is 1. The highest BCUT2D eigenvalue weighted by atomic mass is 32.2. The number of hydrogen-bond acceptors (Lipinski definition) is 4. The van der Waals surface area contributed by atoms with Gasteiger partial charge in [0.1, 0.15) is 0 Å². The number of pyridine rings is 1. The molecule has 0 aliphatic rings. The van der Waals surface area contributed by atoms with Crippen molar-refractivity contribution in [3.8, 4) is 6.07 Å². The van der Waals surface area contributed by atoms with Crippen LogP contribution in [0.2, 0.25) is 0 Å². The second kappa shape index (κ2) is 8.29. The van der Waals surface area contributed by atoms with Crippen molar-refractivity contribution < 1.29 is 8.42 Å². The van der Waals surface area contributed by atoms with E-state index in [1.54, 1.807) is 6.08 Å². The molecule has 0 amide bonds. The quantitative estimate of drug-likeness (QED) is 0.649. The number of rotatable bonds is 6. The maximum Gasteiger partial charge on any atom is 0.251 e. The van der Waals surface area contributed by atoms with Crippen LogP contribution in [0.25, 0.3) is 17.0 Å². The van der Waals surface area contributed by atoms with Gasteiger partial charge in [0.15, 0.2) is 9.84 Å². The highest BCUT2D eigenvalue weighted by molar-refractivity contribution is 7.93. The lowest BCUT2D eigenvalue weighted by Crippen LogP contribution is -2.23. The smallest absolute Gasteiger partial charge is 0.251 e. The SMILES string of the molecule is CCc1cc2ccc(C(C)(C#N)Cc3cccc(/C=C/S(C)(=O)=O)c3)cc2[nH]c1=O. The van der Waals surface area contributed by atoms with Crippen LogP contribution in [0, 0.1) is 11.3 Å². The lowest BCUT2D eigenvalue weighted by atomic mass is 9.78. The van der Waals surface area contributed by atoms with Crippen LogP contribution in [0.15, 0.2) is 58.7 Å². The number of fused-ring (bicyclic) bond motifs is 1. The Bertz CT molecular complexity index is 1330. The minimum absolute atomic E-state index is 0.105. The molecule has 0 saturated heterocycles. The number of H-pyrrole nitrogens is 1. The number of nitrogens with one attached hydrogen (secondary N) is 1. The Morgan fingerprint density at radius 2 is 1.93 bits per heavy atom. The molecule has 1 N–H and O–H groups in total. The molecule has 154 valence electrons. The molecular weight excluding hydrogens is 396 g/mol. The molecule has 30 heavy (non-hydrogen) atoms. The summed E-state index contributed by atoms with van der Waals surface area (Å²) in [4.78, 5) is 15.1. The van der Waals surface area contributed by atoms with Gasteiger partial charge in [-0.25, -0.2) is 8.42 Å². The summed E-state index contributed by atoms with van der Waals surface area (Å²) in [6.07, 6.45) is 3.81. The lowest BCUT2D eigenvalue weighted by Gasteiger charge is -2.23. The summed E-state index contributed by atoms with van der Waals surface area (Å²) in [5.41, 5.74) is 3.02. The van der Waals surface area contributed by atoms with E-state index in [4.69, 9.17) is 0 Å². The molecule has 6 heteroatoms. The third kappa shape index (κ3) is 4.87. The first-order valence-corrected chi connectivity index (χ1v) is 11.6. The Labute approximate surface area is 176 Å². The summed E-state index contributed by atoms with van der Waals surface area (Å²) in [5.74, 6) is 0. The molecule has 3 aromatic rings. The van der Waals surface area contributed by atoms with E-state index in [0.29, 0.717) is 18.4 Å². The molecule has 3 rings (SSSR count). The van der Waals surface area contributed by atoms with E-state index >= 15 is 0 Å². The van der Waals surface area contributed by atoms with Crippen LogP contribution in [0.1, 0.15) is 36.1 Å². The largest absolute Gasteiger partial charge is 0.322 e. The van der Waals surface area contributed by atoms with Gasteiger partial charge in [-0.3, -0.25) is 4.79 Å². The van der Waals surface area contributed by atoms with Gasteiger partial charge in [0, 0.05) is 22.7 Å². The minimum atomic E-state index is -3.21. The summed E-state index contributed by atoms with van der Waals surface area (Å²) >= 11 is 0. The van der Waals surface area contributed by atoms with Crippen molar-refractivity contribution >= 4 is 26.8 Å². The van der Waals surface area contributed by atoms with Gasteiger partial charge in [-0.1, -0.05) is 43.3 Å². The number of nitriles is 1. The van der Waals surface area contributed by atoms with Gasteiger partial charge in [0.25, 0.3) is 5.56 Å². The number of sulfone groups is 1. The monoisotopic (exact) mass is 420 g/mol. The standard InChI is InChI=1S/C24H24N2O3S/c1-4-19-13-20-8-9-21(14-22(20)26-23(19)27)24(2,16-25)15-18-7-5-6-17(12-18)10-11-30(3,28)29/h5-14H,4,15H2,1-3H3,(H,26,27)/b11-10+. The highest BCUT2D eigenvalue weighted by Gasteiger charge is 2.27. The minimum Gasteiger partial charge on any atom is -0.322 e. The van der Waals surface area contributed by atoms with E-state index in [1.165, 1.54) is 5.41 Å². The normalized spacial score (nSPS) is 13.9. The first kappa shape index (κ1) is 21.5. The van der Waals surface area contributed by atoms with Crippen LogP contribution in [0.4, 0.5) is 0 Å².